The van der Waals surface area contributed by atoms with E-state index in [-0.39, 0.29) is 11.8 Å². The normalized spacial score (nSPS) is 11.6. The molecular weight excluding hydrogens is 396 g/mol. The number of hydrogen-bond acceptors (Lipinski definition) is 4. The number of methoxy groups -OCH3 is 1. The van der Waals surface area contributed by atoms with Gasteiger partial charge < -0.3 is 15.0 Å². The zero-order chi connectivity index (χ0) is 21.9. The Bertz CT molecular complexity index is 841. The number of hydrogen-bond donors (Lipinski definition) is 1. The molecule has 30 heavy (non-hydrogen) atoms. The maximum Gasteiger partial charge on any atom is 0.242 e. The van der Waals surface area contributed by atoms with Crippen LogP contribution in [0, 0.1) is 6.92 Å². The van der Waals surface area contributed by atoms with E-state index >= 15 is 0 Å². The smallest absolute Gasteiger partial charge is 0.242 e. The van der Waals surface area contributed by atoms with Crippen LogP contribution in [0.3, 0.4) is 0 Å². The minimum atomic E-state index is -0.497. The number of likely N-dealkylation sites (N-methyl/N-ethyl adjacent to an activating group) is 1. The highest BCUT2D eigenvalue weighted by molar-refractivity contribution is 7.99. The fourth-order valence-corrected chi connectivity index (χ4v) is 4.27. The van der Waals surface area contributed by atoms with E-state index in [0.717, 1.165) is 17.1 Å². The van der Waals surface area contributed by atoms with E-state index in [1.165, 1.54) is 11.1 Å². The quantitative estimate of drug-likeness (QED) is 0.583. The van der Waals surface area contributed by atoms with Crippen molar-refractivity contribution in [2.45, 2.75) is 45.5 Å². The number of nitrogens with zero attached hydrogens (tertiary/aromatic N) is 1. The molecule has 0 aliphatic heterocycles. The minimum absolute atomic E-state index is 0.0329. The zero-order valence-corrected chi connectivity index (χ0v) is 19.1. The molecule has 6 heteroatoms. The summed E-state index contributed by atoms with van der Waals surface area (Å²) in [5.41, 5.74) is 3.39. The number of carbonyl (C=O) groups is 2. The van der Waals surface area contributed by atoms with Crippen LogP contribution in [-0.2, 0) is 21.9 Å². The molecule has 1 atom stereocenters. The van der Waals surface area contributed by atoms with Crippen molar-refractivity contribution in [3.8, 4) is 5.75 Å². The predicted molar refractivity (Wildman–Crippen MR) is 124 cm³/mol. The molecule has 162 valence electrons. The highest BCUT2D eigenvalue weighted by Crippen LogP contribution is 2.20. The summed E-state index contributed by atoms with van der Waals surface area (Å²) in [6, 6.07) is 15.3. The second kappa shape index (κ2) is 12.3. The van der Waals surface area contributed by atoms with Crippen molar-refractivity contribution < 1.29 is 14.3 Å². The van der Waals surface area contributed by atoms with Crippen molar-refractivity contribution in [1.82, 2.24) is 10.2 Å². The van der Waals surface area contributed by atoms with Crippen molar-refractivity contribution in [3.05, 3.63) is 65.2 Å². The average molecular weight is 429 g/mol. The Morgan fingerprint density at radius 1 is 1.13 bits per heavy atom. The summed E-state index contributed by atoms with van der Waals surface area (Å²) in [4.78, 5) is 27.5. The monoisotopic (exact) mass is 428 g/mol. The van der Waals surface area contributed by atoms with Gasteiger partial charge in [0.05, 0.1) is 12.9 Å². The minimum Gasteiger partial charge on any atom is -0.497 e. The molecule has 0 aliphatic carbocycles. The van der Waals surface area contributed by atoms with Crippen LogP contribution in [0.5, 0.6) is 5.75 Å². The predicted octanol–water partition coefficient (Wildman–Crippen LogP) is 4.18. The first-order chi connectivity index (χ1) is 14.5. The van der Waals surface area contributed by atoms with Crippen LogP contribution >= 0.6 is 11.8 Å². The van der Waals surface area contributed by atoms with Gasteiger partial charge in [-0.25, -0.2) is 0 Å². The number of rotatable bonds is 11. The topological polar surface area (TPSA) is 58.6 Å². The Balaban J connectivity index is 2.14. The second-order valence-corrected chi connectivity index (χ2v) is 8.10. The summed E-state index contributed by atoms with van der Waals surface area (Å²) in [6.07, 6.45) is 0.560. The lowest BCUT2D eigenvalue weighted by atomic mass is 10.1. The lowest BCUT2D eigenvalue weighted by Crippen LogP contribution is -2.49. The molecule has 0 saturated carbocycles. The van der Waals surface area contributed by atoms with Gasteiger partial charge in [-0.15, -0.1) is 11.8 Å². The first kappa shape index (κ1) is 23.8. The first-order valence-corrected chi connectivity index (χ1v) is 11.5. The summed E-state index contributed by atoms with van der Waals surface area (Å²) >= 11 is 1.58. The van der Waals surface area contributed by atoms with Crippen LogP contribution in [0.15, 0.2) is 48.5 Å². The van der Waals surface area contributed by atoms with Crippen molar-refractivity contribution >= 4 is 23.6 Å². The molecule has 0 aromatic heterocycles. The lowest BCUT2D eigenvalue weighted by molar-refractivity contribution is -0.139. The largest absolute Gasteiger partial charge is 0.497 e. The van der Waals surface area contributed by atoms with Crippen LogP contribution in [0.25, 0.3) is 0 Å². The molecule has 5 nitrogen and oxygen atoms in total. The summed E-state index contributed by atoms with van der Waals surface area (Å²) in [6.45, 7) is 6.81. The molecule has 1 N–H and O–H groups in total. The Labute approximate surface area is 184 Å². The van der Waals surface area contributed by atoms with E-state index in [1.807, 2.05) is 50.2 Å². The van der Waals surface area contributed by atoms with Crippen LogP contribution in [0.1, 0.15) is 37.0 Å². The second-order valence-electron chi connectivity index (χ2n) is 7.11. The van der Waals surface area contributed by atoms with Crippen molar-refractivity contribution in [1.29, 1.82) is 0 Å². The standard InChI is InChI=1S/C24H32N2O3S/c1-5-22(24(28)25-6-2)26(15-19-11-9-13-21(14-19)29-4)23(27)17-30-16-20-12-8-7-10-18(20)3/h7-14,22H,5-6,15-17H2,1-4H3,(H,25,28). The molecule has 1 unspecified atom stereocenters. The van der Waals surface area contributed by atoms with Gasteiger partial charge >= 0.3 is 0 Å². The fourth-order valence-electron chi connectivity index (χ4n) is 3.28. The molecule has 2 aromatic rings. The van der Waals surface area contributed by atoms with Gasteiger partial charge in [-0.05, 0) is 49.1 Å². The van der Waals surface area contributed by atoms with E-state index in [1.54, 1.807) is 23.8 Å². The SMILES string of the molecule is CCNC(=O)C(CC)N(Cc1cccc(OC)c1)C(=O)CSCc1ccccc1C. The Morgan fingerprint density at radius 3 is 2.57 bits per heavy atom. The van der Waals surface area contributed by atoms with Gasteiger partial charge in [0.1, 0.15) is 11.8 Å². The molecule has 2 aromatic carbocycles. The van der Waals surface area contributed by atoms with Crippen LogP contribution < -0.4 is 10.1 Å². The first-order valence-electron chi connectivity index (χ1n) is 10.3. The fraction of sp³-hybridized carbons (Fsp3) is 0.417. The number of nitrogens with one attached hydrogen (secondary N) is 1. The Kier molecular flexibility index (Phi) is 9.74. The molecule has 2 amide bonds. The number of aryl methyl sites for hydroxylation is 1. The number of thioether (sulfide) groups is 1. The van der Waals surface area contributed by atoms with Crippen molar-refractivity contribution in [2.24, 2.45) is 0 Å². The maximum atomic E-state index is 13.2. The number of amides is 2. The summed E-state index contributed by atoms with van der Waals surface area (Å²) in [7, 11) is 1.62. The van der Waals surface area contributed by atoms with Gasteiger partial charge in [-0.1, -0.05) is 43.3 Å². The Morgan fingerprint density at radius 2 is 1.90 bits per heavy atom. The number of benzene rings is 2. The lowest BCUT2D eigenvalue weighted by Gasteiger charge is -2.30. The van der Waals surface area contributed by atoms with Gasteiger partial charge in [-0.3, -0.25) is 9.59 Å². The highest BCUT2D eigenvalue weighted by Gasteiger charge is 2.28. The number of carbonyl (C=O) groups excluding carboxylic acids is 2. The van der Waals surface area contributed by atoms with Crippen LogP contribution in [-0.4, -0.2) is 42.2 Å². The third-order valence-corrected chi connectivity index (χ3v) is 5.93. The van der Waals surface area contributed by atoms with E-state index in [9.17, 15) is 9.59 Å². The molecule has 0 saturated heterocycles. The van der Waals surface area contributed by atoms with E-state index in [2.05, 4.69) is 24.4 Å². The highest BCUT2D eigenvalue weighted by atomic mass is 32.2. The molecule has 0 radical (unpaired) electrons. The van der Waals surface area contributed by atoms with E-state index in [0.29, 0.717) is 25.3 Å². The summed E-state index contributed by atoms with van der Waals surface area (Å²) in [5, 5.41) is 2.87. The molecule has 0 fully saturated rings. The summed E-state index contributed by atoms with van der Waals surface area (Å²) < 4.78 is 5.31. The van der Waals surface area contributed by atoms with Gasteiger partial charge in [0.2, 0.25) is 11.8 Å². The molecule has 0 spiro atoms. The van der Waals surface area contributed by atoms with Crippen LogP contribution in [0.2, 0.25) is 0 Å². The van der Waals surface area contributed by atoms with Crippen molar-refractivity contribution in [3.63, 3.8) is 0 Å². The molecule has 2 rings (SSSR count). The van der Waals surface area contributed by atoms with Crippen molar-refractivity contribution in [2.75, 3.05) is 19.4 Å². The van der Waals surface area contributed by atoms with Gasteiger partial charge in [0.15, 0.2) is 0 Å². The maximum absolute atomic E-state index is 13.2. The third-order valence-electron chi connectivity index (χ3n) is 4.97. The van der Waals surface area contributed by atoms with Gasteiger partial charge in [-0.2, -0.15) is 0 Å². The van der Waals surface area contributed by atoms with E-state index < -0.39 is 6.04 Å². The van der Waals surface area contributed by atoms with E-state index in [4.69, 9.17) is 4.74 Å². The Hall–Kier alpha value is -2.47. The molecule has 0 heterocycles. The van der Waals surface area contributed by atoms with Gasteiger partial charge in [0, 0.05) is 18.8 Å². The summed E-state index contributed by atoms with van der Waals surface area (Å²) in [5.74, 6) is 1.69. The molecular formula is C24H32N2O3S. The molecule has 0 aliphatic rings. The average Bonchev–Trinajstić information content (AvgIpc) is 2.75. The van der Waals surface area contributed by atoms with Crippen LogP contribution in [0.4, 0.5) is 0 Å². The zero-order valence-electron chi connectivity index (χ0n) is 18.3. The number of ether oxygens (including phenoxy) is 1. The third kappa shape index (κ3) is 6.80. The molecule has 0 bridgehead atoms. The van der Waals surface area contributed by atoms with Gasteiger partial charge in [0.25, 0.3) is 0 Å².